The van der Waals surface area contributed by atoms with E-state index in [2.05, 4.69) is 15.5 Å². The Balaban J connectivity index is 1.58. The molecule has 2 heterocycles. The number of halogens is 1. The van der Waals surface area contributed by atoms with E-state index in [1.807, 2.05) is 0 Å². The van der Waals surface area contributed by atoms with Gasteiger partial charge < -0.3 is 9.88 Å². The summed E-state index contributed by atoms with van der Waals surface area (Å²) >= 11 is 1.24. The lowest BCUT2D eigenvalue weighted by atomic mass is 10.1. The van der Waals surface area contributed by atoms with Crippen LogP contribution in [0.3, 0.4) is 0 Å². The van der Waals surface area contributed by atoms with E-state index in [-0.39, 0.29) is 35.2 Å². The molecule has 10 heteroatoms. The standard InChI is InChI=1S/C18H21FN4O3S2/c1-23-16(12-8-9-28(25,26)10-12)21-22-18(23)27-15(17(24)20-14-6-7-14)11-2-4-13(19)5-3-11/h2-5,12,14-15H,6-10H2,1H3,(H,20,24). The largest absolute Gasteiger partial charge is 0.352 e. The number of hydrogen-bond acceptors (Lipinski definition) is 6. The van der Waals surface area contributed by atoms with Gasteiger partial charge >= 0.3 is 0 Å². The fourth-order valence-electron chi connectivity index (χ4n) is 3.30. The molecule has 1 saturated carbocycles. The van der Waals surface area contributed by atoms with E-state index in [4.69, 9.17) is 0 Å². The summed E-state index contributed by atoms with van der Waals surface area (Å²) in [6, 6.07) is 6.06. The zero-order valence-corrected chi connectivity index (χ0v) is 17.0. The van der Waals surface area contributed by atoms with E-state index in [1.165, 1.54) is 23.9 Å². The number of aromatic nitrogens is 3. The van der Waals surface area contributed by atoms with Crippen molar-refractivity contribution in [2.45, 2.75) is 41.6 Å². The van der Waals surface area contributed by atoms with Gasteiger partial charge in [0.15, 0.2) is 15.0 Å². The lowest BCUT2D eigenvalue weighted by Gasteiger charge is -2.17. The van der Waals surface area contributed by atoms with Crippen molar-refractivity contribution in [2.75, 3.05) is 11.5 Å². The second-order valence-corrected chi connectivity index (χ2v) is 10.6. The second kappa shape index (κ2) is 7.47. The molecule has 1 aliphatic heterocycles. The fourth-order valence-corrected chi connectivity index (χ4v) is 6.06. The average molecular weight is 425 g/mol. The summed E-state index contributed by atoms with van der Waals surface area (Å²) in [5, 5.41) is 11.3. The number of carbonyl (C=O) groups excluding carboxylic acids is 1. The maximum Gasteiger partial charge on any atom is 0.238 e. The summed E-state index contributed by atoms with van der Waals surface area (Å²) < 4.78 is 38.6. The Hall–Kier alpha value is -1.94. The first-order valence-corrected chi connectivity index (χ1v) is 11.8. The van der Waals surface area contributed by atoms with Gasteiger partial charge in [0.1, 0.15) is 16.9 Å². The molecular formula is C18H21FN4O3S2. The van der Waals surface area contributed by atoms with Gasteiger partial charge in [0.25, 0.3) is 0 Å². The highest BCUT2D eigenvalue weighted by atomic mass is 32.2. The zero-order valence-electron chi connectivity index (χ0n) is 15.3. The van der Waals surface area contributed by atoms with Crippen molar-refractivity contribution in [3.8, 4) is 0 Å². The Labute approximate surface area is 167 Å². The van der Waals surface area contributed by atoms with Crippen LogP contribution in [-0.2, 0) is 21.7 Å². The van der Waals surface area contributed by atoms with Gasteiger partial charge in [0.05, 0.1) is 11.5 Å². The highest BCUT2D eigenvalue weighted by molar-refractivity contribution is 8.00. The molecule has 1 aromatic heterocycles. The molecule has 2 aromatic rings. The highest BCUT2D eigenvalue weighted by Crippen LogP contribution is 2.37. The first kappa shape index (κ1) is 19.4. The first-order valence-electron chi connectivity index (χ1n) is 9.14. The smallest absolute Gasteiger partial charge is 0.238 e. The Morgan fingerprint density at radius 3 is 2.57 bits per heavy atom. The first-order chi connectivity index (χ1) is 13.3. The minimum atomic E-state index is -3.03. The van der Waals surface area contributed by atoms with E-state index in [9.17, 15) is 17.6 Å². The third-order valence-electron chi connectivity index (χ3n) is 5.02. The molecule has 0 bridgehead atoms. The van der Waals surface area contributed by atoms with E-state index in [0.717, 1.165) is 12.8 Å². The lowest BCUT2D eigenvalue weighted by molar-refractivity contribution is -0.120. The van der Waals surface area contributed by atoms with Crippen LogP contribution in [0.5, 0.6) is 0 Å². The van der Waals surface area contributed by atoms with Crippen LogP contribution in [-0.4, -0.2) is 46.6 Å². The number of amides is 1. The molecule has 2 atom stereocenters. The van der Waals surface area contributed by atoms with Gasteiger partial charge in [-0.05, 0) is 37.0 Å². The third kappa shape index (κ3) is 4.22. The number of nitrogens with one attached hydrogen (secondary N) is 1. The SMILES string of the molecule is Cn1c(SC(C(=O)NC2CC2)c2ccc(F)cc2)nnc1C1CCS(=O)(=O)C1. The van der Waals surface area contributed by atoms with Crippen LogP contribution in [0.25, 0.3) is 0 Å². The van der Waals surface area contributed by atoms with Crippen LogP contribution < -0.4 is 5.32 Å². The van der Waals surface area contributed by atoms with Crippen molar-refractivity contribution in [3.05, 3.63) is 41.5 Å². The summed E-state index contributed by atoms with van der Waals surface area (Å²) in [6.07, 6.45) is 2.47. The Kier molecular flexibility index (Phi) is 5.17. The predicted octanol–water partition coefficient (Wildman–Crippen LogP) is 1.97. The predicted molar refractivity (Wildman–Crippen MR) is 103 cm³/mol. The summed E-state index contributed by atoms with van der Waals surface area (Å²) in [5.41, 5.74) is 0.678. The average Bonchev–Trinajstić information content (AvgIpc) is 3.28. The Morgan fingerprint density at radius 1 is 1.25 bits per heavy atom. The van der Waals surface area contributed by atoms with Crippen molar-refractivity contribution < 1.29 is 17.6 Å². The van der Waals surface area contributed by atoms with Gasteiger partial charge in [-0.1, -0.05) is 23.9 Å². The molecule has 1 saturated heterocycles. The zero-order chi connectivity index (χ0) is 19.9. The number of nitrogens with zero attached hydrogens (tertiary/aromatic N) is 3. The fraction of sp³-hybridized carbons (Fsp3) is 0.500. The molecule has 1 N–H and O–H groups in total. The lowest BCUT2D eigenvalue weighted by Crippen LogP contribution is -2.30. The van der Waals surface area contributed by atoms with Gasteiger partial charge in [0.2, 0.25) is 5.91 Å². The van der Waals surface area contributed by atoms with Gasteiger partial charge in [-0.25, -0.2) is 12.8 Å². The molecule has 7 nitrogen and oxygen atoms in total. The minimum absolute atomic E-state index is 0.0766. The number of sulfone groups is 1. The number of thioether (sulfide) groups is 1. The van der Waals surface area contributed by atoms with Crippen LogP contribution in [0, 0.1) is 5.82 Å². The second-order valence-electron chi connectivity index (χ2n) is 7.33. The minimum Gasteiger partial charge on any atom is -0.352 e. The molecule has 4 rings (SSSR count). The molecule has 2 fully saturated rings. The Morgan fingerprint density at radius 2 is 1.96 bits per heavy atom. The number of benzene rings is 1. The molecule has 0 spiro atoms. The van der Waals surface area contributed by atoms with Gasteiger partial charge in [0, 0.05) is 19.0 Å². The monoisotopic (exact) mass is 424 g/mol. The topological polar surface area (TPSA) is 93.9 Å². The molecule has 28 heavy (non-hydrogen) atoms. The van der Waals surface area contributed by atoms with Crippen molar-refractivity contribution in [3.63, 3.8) is 0 Å². The van der Waals surface area contributed by atoms with Crippen LogP contribution >= 0.6 is 11.8 Å². The molecule has 0 radical (unpaired) electrons. The van der Waals surface area contributed by atoms with E-state index in [0.29, 0.717) is 23.0 Å². The summed E-state index contributed by atoms with van der Waals surface area (Å²) in [7, 11) is -1.25. The quantitative estimate of drug-likeness (QED) is 0.713. The van der Waals surface area contributed by atoms with E-state index < -0.39 is 15.1 Å². The van der Waals surface area contributed by atoms with E-state index in [1.54, 1.807) is 23.7 Å². The Bertz CT molecular complexity index is 987. The van der Waals surface area contributed by atoms with Gasteiger partial charge in [-0.15, -0.1) is 10.2 Å². The van der Waals surface area contributed by atoms with Crippen LogP contribution in [0.15, 0.2) is 29.4 Å². The summed E-state index contributed by atoms with van der Waals surface area (Å²) in [6.45, 7) is 0. The van der Waals surface area contributed by atoms with E-state index >= 15 is 0 Å². The van der Waals surface area contributed by atoms with Crippen molar-refractivity contribution >= 4 is 27.5 Å². The molecule has 150 valence electrons. The summed E-state index contributed by atoms with van der Waals surface area (Å²) in [4.78, 5) is 12.8. The summed E-state index contributed by atoms with van der Waals surface area (Å²) in [5.74, 6) is 0.165. The highest BCUT2D eigenvalue weighted by Gasteiger charge is 2.34. The molecule has 2 unspecified atom stereocenters. The molecule has 2 aliphatic rings. The van der Waals surface area contributed by atoms with Crippen LogP contribution in [0.2, 0.25) is 0 Å². The molecule has 1 aromatic carbocycles. The molecule has 1 amide bonds. The number of hydrogen-bond donors (Lipinski definition) is 1. The van der Waals surface area contributed by atoms with Crippen molar-refractivity contribution in [1.29, 1.82) is 0 Å². The maximum atomic E-state index is 13.3. The van der Waals surface area contributed by atoms with Gasteiger partial charge in [-0.2, -0.15) is 0 Å². The molecule has 1 aliphatic carbocycles. The van der Waals surface area contributed by atoms with Gasteiger partial charge in [-0.3, -0.25) is 4.79 Å². The third-order valence-corrected chi connectivity index (χ3v) is 8.08. The number of rotatable bonds is 6. The van der Waals surface area contributed by atoms with Crippen molar-refractivity contribution in [1.82, 2.24) is 20.1 Å². The molecular weight excluding hydrogens is 403 g/mol. The number of carbonyl (C=O) groups is 1. The van der Waals surface area contributed by atoms with Crippen LogP contribution in [0.4, 0.5) is 4.39 Å². The maximum absolute atomic E-state index is 13.3. The normalized spacial score (nSPS) is 22.1. The van der Waals surface area contributed by atoms with Crippen molar-refractivity contribution in [2.24, 2.45) is 7.05 Å². The van der Waals surface area contributed by atoms with Crippen LogP contribution in [0.1, 0.15) is 41.8 Å².